The van der Waals surface area contributed by atoms with Gasteiger partial charge in [-0.25, -0.2) is 0 Å². The Morgan fingerprint density at radius 3 is 2.92 bits per heavy atom. The molecule has 70 valence electrons. The molecule has 5 heteroatoms. The van der Waals surface area contributed by atoms with E-state index in [2.05, 4.69) is 5.32 Å². The highest BCUT2D eigenvalue weighted by Crippen LogP contribution is 2.24. The van der Waals surface area contributed by atoms with Gasteiger partial charge in [0.1, 0.15) is 6.04 Å². The fourth-order valence-corrected chi connectivity index (χ4v) is 1.80. The van der Waals surface area contributed by atoms with Gasteiger partial charge in [-0.3, -0.25) is 10.1 Å². The van der Waals surface area contributed by atoms with Crippen LogP contribution in [-0.2, 0) is 9.53 Å². The Hall–Kier alpha value is -0.320. The second kappa shape index (κ2) is 3.60. The van der Waals surface area contributed by atoms with E-state index in [1.54, 1.807) is 0 Å². The second-order valence-corrected chi connectivity index (χ2v) is 3.10. The molecular formula is C7H12ClNO3. The van der Waals surface area contributed by atoms with Crippen molar-refractivity contribution < 1.29 is 14.6 Å². The van der Waals surface area contributed by atoms with E-state index in [9.17, 15) is 4.79 Å². The third kappa shape index (κ3) is 1.55. The van der Waals surface area contributed by atoms with E-state index in [0.717, 1.165) is 13.0 Å². The van der Waals surface area contributed by atoms with Crippen molar-refractivity contribution in [1.29, 1.82) is 0 Å². The van der Waals surface area contributed by atoms with Crippen LogP contribution in [0.4, 0.5) is 0 Å². The van der Waals surface area contributed by atoms with Gasteiger partial charge in [-0.15, -0.1) is 12.4 Å². The lowest BCUT2D eigenvalue weighted by Gasteiger charge is -2.05. The van der Waals surface area contributed by atoms with Gasteiger partial charge >= 0.3 is 5.97 Å². The van der Waals surface area contributed by atoms with Crippen molar-refractivity contribution in [2.75, 3.05) is 6.61 Å². The Morgan fingerprint density at radius 1 is 1.58 bits per heavy atom. The minimum Gasteiger partial charge on any atom is -0.480 e. The van der Waals surface area contributed by atoms with Crippen LogP contribution in [0.5, 0.6) is 0 Å². The number of hydrogen-bond donors (Lipinski definition) is 2. The summed E-state index contributed by atoms with van der Waals surface area (Å²) in [5, 5.41) is 11.7. The van der Waals surface area contributed by atoms with Crippen LogP contribution in [0.1, 0.15) is 12.8 Å². The molecular weight excluding hydrogens is 182 g/mol. The van der Waals surface area contributed by atoms with Gasteiger partial charge in [0.25, 0.3) is 0 Å². The highest BCUT2D eigenvalue weighted by atomic mass is 35.5. The van der Waals surface area contributed by atoms with Crippen LogP contribution in [0.3, 0.4) is 0 Å². The molecule has 0 aliphatic carbocycles. The van der Waals surface area contributed by atoms with E-state index in [1.807, 2.05) is 0 Å². The summed E-state index contributed by atoms with van der Waals surface area (Å²) in [6.45, 7) is 0.772. The molecule has 0 bridgehead atoms. The molecule has 2 fully saturated rings. The summed E-state index contributed by atoms with van der Waals surface area (Å²) in [6.07, 6.45) is 1.73. The highest BCUT2D eigenvalue weighted by molar-refractivity contribution is 5.85. The number of carbonyl (C=O) groups is 1. The van der Waals surface area contributed by atoms with Crippen LogP contribution in [0.2, 0.25) is 0 Å². The minimum atomic E-state index is -0.761. The Kier molecular flexibility index (Phi) is 2.93. The predicted molar refractivity (Wildman–Crippen MR) is 44.6 cm³/mol. The molecule has 2 rings (SSSR count). The highest BCUT2D eigenvalue weighted by Gasteiger charge is 2.40. The van der Waals surface area contributed by atoms with Crippen molar-refractivity contribution in [3.63, 3.8) is 0 Å². The monoisotopic (exact) mass is 193 g/mol. The van der Waals surface area contributed by atoms with Gasteiger partial charge in [-0.1, -0.05) is 0 Å². The first kappa shape index (κ1) is 9.77. The fourth-order valence-electron chi connectivity index (χ4n) is 1.80. The molecule has 0 spiro atoms. The molecule has 3 atom stereocenters. The van der Waals surface area contributed by atoms with Crippen LogP contribution in [0, 0.1) is 0 Å². The Bertz CT molecular complexity index is 175. The number of carboxylic acids is 1. The third-order valence-electron chi connectivity index (χ3n) is 2.39. The molecule has 2 saturated heterocycles. The van der Waals surface area contributed by atoms with Gasteiger partial charge in [0.15, 0.2) is 0 Å². The SMILES string of the molecule is Cl.O=C(O)C1C[C@H]2OCC[C@H]2N1. The Labute approximate surface area is 76.7 Å². The van der Waals surface area contributed by atoms with Crippen molar-refractivity contribution in [3.8, 4) is 0 Å². The molecule has 4 nitrogen and oxygen atoms in total. The minimum absolute atomic E-state index is 0. The zero-order valence-corrected chi connectivity index (χ0v) is 7.34. The molecule has 0 amide bonds. The van der Waals surface area contributed by atoms with E-state index in [-0.39, 0.29) is 30.6 Å². The van der Waals surface area contributed by atoms with E-state index < -0.39 is 5.97 Å². The van der Waals surface area contributed by atoms with Crippen molar-refractivity contribution in [1.82, 2.24) is 5.32 Å². The van der Waals surface area contributed by atoms with Gasteiger partial charge in [-0.2, -0.15) is 0 Å². The Balaban J connectivity index is 0.000000720. The maximum Gasteiger partial charge on any atom is 0.320 e. The van der Waals surface area contributed by atoms with E-state index in [0.29, 0.717) is 6.42 Å². The number of aliphatic carboxylic acids is 1. The molecule has 12 heavy (non-hydrogen) atoms. The molecule has 2 aliphatic heterocycles. The smallest absolute Gasteiger partial charge is 0.320 e. The van der Waals surface area contributed by atoms with E-state index in [1.165, 1.54) is 0 Å². The largest absolute Gasteiger partial charge is 0.480 e. The van der Waals surface area contributed by atoms with E-state index >= 15 is 0 Å². The lowest BCUT2D eigenvalue weighted by Crippen LogP contribution is -2.35. The Morgan fingerprint density at radius 2 is 2.33 bits per heavy atom. The van der Waals surface area contributed by atoms with Crippen LogP contribution < -0.4 is 5.32 Å². The third-order valence-corrected chi connectivity index (χ3v) is 2.39. The number of fused-ring (bicyclic) bond motifs is 1. The number of hydrogen-bond acceptors (Lipinski definition) is 3. The first-order chi connectivity index (χ1) is 5.27. The number of halogens is 1. The normalized spacial score (nSPS) is 38.8. The lowest BCUT2D eigenvalue weighted by molar-refractivity contribution is -0.139. The molecule has 1 unspecified atom stereocenters. The first-order valence-electron chi connectivity index (χ1n) is 3.88. The van der Waals surface area contributed by atoms with Crippen LogP contribution in [0.25, 0.3) is 0 Å². The second-order valence-electron chi connectivity index (χ2n) is 3.10. The van der Waals surface area contributed by atoms with Crippen LogP contribution in [0.15, 0.2) is 0 Å². The summed E-state index contributed by atoms with van der Waals surface area (Å²) in [5.74, 6) is -0.761. The van der Waals surface area contributed by atoms with Gasteiger partial charge in [-0.05, 0) is 6.42 Å². The van der Waals surface area contributed by atoms with Crippen molar-refractivity contribution in [2.24, 2.45) is 0 Å². The number of nitrogens with one attached hydrogen (secondary N) is 1. The predicted octanol–water partition coefficient (Wildman–Crippen LogP) is 0.0122. The molecule has 0 aromatic carbocycles. The zero-order chi connectivity index (χ0) is 7.84. The molecule has 2 heterocycles. The van der Waals surface area contributed by atoms with Crippen molar-refractivity contribution >= 4 is 18.4 Å². The standard InChI is InChI=1S/C7H11NO3.ClH/c9-7(10)5-3-6-4(8-5)1-2-11-6;/h4-6,8H,1-3H2,(H,9,10);1H/t4-,5?,6-;/m1./s1. The topological polar surface area (TPSA) is 58.6 Å². The summed E-state index contributed by atoms with van der Waals surface area (Å²) in [6, 6.07) is -0.0959. The molecule has 0 aromatic heterocycles. The van der Waals surface area contributed by atoms with Gasteiger partial charge in [0, 0.05) is 19.1 Å². The molecule has 0 aromatic rings. The lowest BCUT2D eigenvalue weighted by atomic mass is 10.1. The van der Waals surface area contributed by atoms with Crippen molar-refractivity contribution in [2.45, 2.75) is 31.0 Å². The molecule has 2 aliphatic rings. The number of rotatable bonds is 1. The summed E-state index contributed by atoms with van der Waals surface area (Å²) >= 11 is 0. The summed E-state index contributed by atoms with van der Waals surface area (Å²) in [5.41, 5.74) is 0. The maximum absolute atomic E-state index is 10.5. The molecule has 2 N–H and O–H groups in total. The summed E-state index contributed by atoms with van der Waals surface area (Å²) in [4.78, 5) is 10.5. The fraction of sp³-hybridized carbons (Fsp3) is 0.857. The maximum atomic E-state index is 10.5. The first-order valence-corrected chi connectivity index (χ1v) is 3.88. The van der Waals surface area contributed by atoms with Gasteiger partial charge in [0.05, 0.1) is 6.10 Å². The molecule has 0 radical (unpaired) electrons. The average molecular weight is 194 g/mol. The van der Waals surface area contributed by atoms with E-state index in [4.69, 9.17) is 9.84 Å². The molecule has 0 saturated carbocycles. The van der Waals surface area contributed by atoms with Crippen LogP contribution >= 0.6 is 12.4 Å². The van der Waals surface area contributed by atoms with Gasteiger partial charge < -0.3 is 9.84 Å². The summed E-state index contributed by atoms with van der Waals surface area (Å²) in [7, 11) is 0. The zero-order valence-electron chi connectivity index (χ0n) is 6.53. The van der Waals surface area contributed by atoms with Crippen LogP contribution in [-0.4, -0.2) is 35.9 Å². The quantitative estimate of drug-likeness (QED) is 0.616. The van der Waals surface area contributed by atoms with Gasteiger partial charge in [0.2, 0.25) is 0 Å². The summed E-state index contributed by atoms with van der Waals surface area (Å²) < 4.78 is 5.33. The number of ether oxygens (including phenoxy) is 1. The number of carboxylic acid groups (broad SMARTS) is 1. The van der Waals surface area contributed by atoms with Crippen molar-refractivity contribution in [3.05, 3.63) is 0 Å². The average Bonchev–Trinajstić information content (AvgIpc) is 2.40.